The molecule has 0 radical (unpaired) electrons. The molecule has 0 aliphatic heterocycles. The number of allylic oxidation sites excluding steroid dienone is 1. The average Bonchev–Trinajstić information content (AvgIpc) is 2.84. The van der Waals surface area contributed by atoms with Crippen LogP contribution < -0.4 is 0 Å². The van der Waals surface area contributed by atoms with Crippen molar-refractivity contribution in [2.45, 2.75) is 57.8 Å². The zero-order valence-corrected chi connectivity index (χ0v) is 19.4. The van der Waals surface area contributed by atoms with E-state index in [-0.39, 0.29) is 12.6 Å². The summed E-state index contributed by atoms with van der Waals surface area (Å²) in [6.45, 7) is 0.401. The summed E-state index contributed by atoms with van der Waals surface area (Å²) in [5.74, 6) is -0.139. The third kappa shape index (κ3) is 5.91. The second-order valence-electron chi connectivity index (χ2n) is 8.87. The number of esters is 1. The van der Waals surface area contributed by atoms with Crippen molar-refractivity contribution in [2.75, 3.05) is 13.2 Å². The number of unbranched alkanes of at least 4 members (excludes halogenated alkanes) is 6. The molecule has 172 valence electrons. The minimum Gasteiger partial charge on any atom is -0.466 e. The Labute approximate surface area is 196 Å². The van der Waals surface area contributed by atoms with Crippen LogP contribution in [0.1, 0.15) is 63.4 Å². The van der Waals surface area contributed by atoms with Gasteiger partial charge in [-0.2, -0.15) is 0 Å². The van der Waals surface area contributed by atoms with Crippen LogP contribution in [0.25, 0.3) is 38.4 Å². The van der Waals surface area contributed by atoms with Crippen LogP contribution in [0, 0.1) is 0 Å². The monoisotopic (exact) mass is 442 g/mol. The van der Waals surface area contributed by atoms with Crippen LogP contribution in [0.15, 0.2) is 60.7 Å². The number of ether oxygens (including phenoxy) is 1. The van der Waals surface area contributed by atoms with Crippen LogP contribution in [0.5, 0.6) is 0 Å². The van der Waals surface area contributed by atoms with Crippen molar-refractivity contribution >= 4 is 44.4 Å². The van der Waals surface area contributed by atoms with Crippen LogP contribution in [0.3, 0.4) is 0 Å². The maximum absolute atomic E-state index is 11.5. The Bertz CT molecular complexity index is 1190. The zero-order chi connectivity index (χ0) is 22.9. The lowest BCUT2D eigenvalue weighted by molar-refractivity contribution is -0.144. The summed E-state index contributed by atoms with van der Waals surface area (Å²) in [7, 11) is 0. The molecule has 4 rings (SSSR count). The van der Waals surface area contributed by atoms with Crippen molar-refractivity contribution in [1.82, 2.24) is 0 Å². The molecule has 33 heavy (non-hydrogen) atoms. The van der Waals surface area contributed by atoms with E-state index in [2.05, 4.69) is 66.7 Å². The fraction of sp³-hybridized carbons (Fsp3) is 0.367. The van der Waals surface area contributed by atoms with E-state index < -0.39 is 0 Å². The summed E-state index contributed by atoms with van der Waals surface area (Å²) in [5.41, 5.74) is 1.30. The molecule has 0 spiro atoms. The fourth-order valence-corrected chi connectivity index (χ4v) is 4.67. The van der Waals surface area contributed by atoms with Gasteiger partial charge in [-0.1, -0.05) is 92.4 Å². The maximum Gasteiger partial charge on any atom is 0.305 e. The molecule has 0 fully saturated rings. The molecule has 0 atom stereocenters. The van der Waals surface area contributed by atoms with Gasteiger partial charge in [0, 0.05) is 19.4 Å². The molecule has 3 nitrogen and oxygen atoms in total. The smallest absolute Gasteiger partial charge is 0.305 e. The first kappa shape index (κ1) is 23.3. The van der Waals surface area contributed by atoms with E-state index in [4.69, 9.17) is 9.84 Å². The Morgan fingerprint density at radius 1 is 0.758 bits per heavy atom. The first-order valence-corrected chi connectivity index (χ1v) is 12.4. The highest BCUT2D eigenvalue weighted by Crippen LogP contribution is 2.36. The normalized spacial score (nSPS) is 11.9. The van der Waals surface area contributed by atoms with Crippen molar-refractivity contribution in [3.8, 4) is 0 Å². The molecule has 4 aromatic carbocycles. The molecule has 0 aliphatic rings. The topological polar surface area (TPSA) is 46.5 Å². The predicted octanol–water partition coefficient (Wildman–Crippen LogP) is 7.64. The first-order chi connectivity index (χ1) is 16.3. The number of aliphatic hydroxyl groups is 1. The van der Waals surface area contributed by atoms with Crippen LogP contribution >= 0.6 is 0 Å². The van der Waals surface area contributed by atoms with Gasteiger partial charge in [-0.15, -0.1) is 0 Å². The largest absolute Gasteiger partial charge is 0.466 e. The van der Waals surface area contributed by atoms with E-state index in [0.29, 0.717) is 19.4 Å². The van der Waals surface area contributed by atoms with Crippen LogP contribution in [0.4, 0.5) is 0 Å². The van der Waals surface area contributed by atoms with Gasteiger partial charge in [0.25, 0.3) is 0 Å². The number of carbonyl (C=O) groups excluding carboxylic acids is 1. The lowest BCUT2D eigenvalue weighted by atomic mass is 9.92. The van der Waals surface area contributed by atoms with E-state index in [1.165, 1.54) is 63.6 Å². The van der Waals surface area contributed by atoms with Gasteiger partial charge in [0.05, 0.1) is 6.61 Å². The van der Waals surface area contributed by atoms with E-state index in [1.54, 1.807) is 0 Å². The highest BCUT2D eigenvalue weighted by Gasteiger charge is 2.09. The summed E-state index contributed by atoms with van der Waals surface area (Å²) < 4.78 is 5.04. The van der Waals surface area contributed by atoms with Crippen LogP contribution in [0.2, 0.25) is 0 Å². The van der Waals surface area contributed by atoms with Gasteiger partial charge in [-0.25, -0.2) is 0 Å². The first-order valence-electron chi connectivity index (χ1n) is 12.4. The SMILES string of the molecule is O=C(CCCCCCCCC=Cc1ccc2ccc3cccc4ccc1c2c34)OCCCO. The van der Waals surface area contributed by atoms with E-state index in [0.717, 1.165) is 19.3 Å². The van der Waals surface area contributed by atoms with Crippen LogP contribution in [-0.4, -0.2) is 24.3 Å². The molecule has 0 saturated heterocycles. The molecule has 0 aromatic heterocycles. The number of aliphatic hydroxyl groups excluding tert-OH is 1. The lowest BCUT2D eigenvalue weighted by Crippen LogP contribution is -2.06. The summed E-state index contributed by atoms with van der Waals surface area (Å²) in [6, 6.07) is 20.0. The van der Waals surface area contributed by atoms with Gasteiger partial charge in [0.15, 0.2) is 0 Å². The lowest BCUT2D eigenvalue weighted by Gasteiger charge is -2.12. The minimum absolute atomic E-state index is 0.0704. The third-order valence-electron chi connectivity index (χ3n) is 6.43. The minimum atomic E-state index is -0.139. The second kappa shape index (κ2) is 11.8. The predicted molar refractivity (Wildman–Crippen MR) is 139 cm³/mol. The number of hydrogen-bond donors (Lipinski definition) is 1. The summed E-state index contributed by atoms with van der Waals surface area (Å²) in [6.07, 6.45) is 13.5. The average molecular weight is 443 g/mol. The Hall–Kier alpha value is -2.91. The molecule has 3 heteroatoms. The molecule has 1 N–H and O–H groups in total. The van der Waals surface area contributed by atoms with Crippen molar-refractivity contribution in [2.24, 2.45) is 0 Å². The van der Waals surface area contributed by atoms with Gasteiger partial charge in [0.2, 0.25) is 0 Å². The van der Waals surface area contributed by atoms with Gasteiger partial charge in [-0.3, -0.25) is 4.79 Å². The van der Waals surface area contributed by atoms with Gasteiger partial charge < -0.3 is 9.84 Å². The zero-order valence-electron chi connectivity index (χ0n) is 19.4. The third-order valence-corrected chi connectivity index (χ3v) is 6.43. The second-order valence-corrected chi connectivity index (χ2v) is 8.87. The highest BCUT2D eigenvalue weighted by molar-refractivity contribution is 6.24. The van der Waals surface area contributed by atoms with Crippen molar-refractivity contribution in [1.29, 1.82) is 0 Å². The number of rotatable bonds is 13. The molecule has 0 bridgehead atoms. The summed E-state index contributed by atoms with van der Waals surface area (Å²) in [4.78, 5) is 11.5. The molecule has 0 unspecified atom stereocenters. The molecular formula is C30H34O3. The van der Waals surface area contributed by atoms with Gasteiger partial charge in [0.1, 0.15) is 0 Å². The van der Waals surface area contributed by atoms with E-state index in [9.17, 15) is 4.79 Å². The van der Waals surface area contributed by atoms with Crippen molar-refractivity contribution < 1.29 is 14.6 Å². The summed E-state index contributed by atoms with van der Waals surface area (Å²) >= 11 is 0. The standard InChI is InChI=1S/C30H34O3/c31-21-10-22-33-28(32)14-8-6-4-2-1-3-5-7-11-23-15-16-26-18-17-24-12-9-13-25-19-20-27(23)30(26)29(24)25/h7,9,11-13,15-20,31H,1-6,8,10,14,21-22H2. The van der Waals surface area contributed by atoms with E-state index in [1.807, 2.05) is 0 Å². The maximum atomic E-state index is 11.5. The fourth-order valence-electron chi connectivity index (χ4n) is 4.67. The number of benzene rings is 4. The Morgan fingerprint density at radius 2 is 1.42 bits per heavy atom. The molecule has 4 aromatic rings. The molecular weight excluding hydrogens is 408 g/mol. The van der Waals surface area contributed by atoms with Crippen LogP contribution in [-0.2, 0) is 9.53 Å². The molecule has 0 heterocycles. The Kier molecular flexibility index (Phi) is 8.32. The van der Waals surface area contributed by atoms with Crippen molar-refractivity contribution in [3.63, 3.8) is 0 Å². The van der Waals surface area contributed by atoms with Gasteiger partial charge >= 0.3 is 5.97 Å². The quantitative estimate of drug-likeness (QED) is 0.131. The van der Waals surface area contributed by atoms with E-state index >= 15 is 0 Å². The van der Waals surface area contributed by atoms with Crippen molar-refractivity contribution in [3.05, 3.63) is 66.2 Å². The molecule has 0 saturated carbocycles. The molecule has 0 aliphatic carbocycles. The Balaban J connectivity index is 1.21. The number of hydrogen-bond acceptors (Lipinski definition) is 3. The van der Waals surface area contributed by atoms with Gasteiger partial charge in [-0.05, 0) is 57.1 Å². The summed E-state index contributed by atoms with van der Waals surface area (Å²) in [5, 5.41) is 16.7. The highest BCUT2D eigenvalue weighted by atomic mass is 16.5. The number of carbonyl (C=O) groups is 1. The molecule has 0 amide bonds. The Morgan fingerprint density at radius 3 is 2.21 bits per heavy atom.